The summed E-state index contributed by atoms with van der Waals surface area (Å²) in [7, 11) is 4.30. The van der Waals surface area contributed by atoms with Gasteiger partial charge >= 0.3 is 0 Å². The number of fused-ring (bicyclic) bond motifs is 1. The van der Waals surface area contributed by atoms with E-state index in [2.05, 4.69) is 81.1 Å². The molecule has 0 radical (unpaired) electrons. The van der Waals surface area contributed by atoms with Crippen LogP contribution in [0, 0.1) is 11.3 Å². The molecule has 0 bridgehead atoms. The minimum absolute atomic E-state index is 0.118. The fraction of sp³-hybridized carbons (Fsp3) is 0.400. The van der Waals surface area contributed by atoms with Crippen LogP contribution in [0.1, 0.15) is 38.5 Å². The van der Waals surface area contributed by atoms with Crippen LogP contribution in [0.5, 0.6) is 0 Å². The highest BCUT2D eigenvalue weighted by Gasteiger charge is 2.30. The summed E-state index contributed by atoms with van der Waals surface area (Å²) in [6.07, 6.45) is 1.13. The lowest BCUT2D eigenvalue weighted by molar-refractivity contribution is 0.315. The van der Waals surface area contributed by atoms with E-state index in [1.54, 1.807) is 0 Å². The summed E-state index contributed by atoms with van der Waals surface area (Å²) >= 11 is 0. The van der Waals surface area contributed by atoms with Gasteiger partial charge < -0.3 is 14.2 Å². The number of nitrogens with zero attached hydrogens (tertiary/aromatic N) is 3. The Hall–Kier alpha value is -2.77. The molecule has 4 nitrogen and oxygen atoms in total. The van der Waals surface area contributed by atoms with E-state index in [0.717, 1.165) is 41.8 Å². The third kappa shape index (κ3) is 3.52. The normalized spacial score (nSPS) is 17.3. The van der Waals surface area contributed by atoms with E-state index in [-0.39, 0.29) is 5.41 Å². The summed E-state index contributed by atoms with van der Waals surface area (Å²) in [6.45, 7) is 8.41. The van der Waals surface area contributed by atoms with E-state index in [1.807, 2.05) is 12.1 Å². The zero-order valence-corrected chi connectivity index (χ0v) is 18.0. The number of hydrogen-bond donors (Lipinski definition) is 0. The largest absolute Gasteiger partial charge is 0.459 e. The molecule has 1 aromatic heterocycles. The summed E-state index contributed by atoms with van der Waals surface area (Å²) in [6, 6.07) is 17.4. The lowest BCUT2D eigenvalue weighted by Crippen LogP contribution is -2.31. The highest BCUT2D eigenvalue weighted by atomic mass is 16.3. The Kier molecular flexibility index (Phi) is 4.88. The molecule has 1 saturated heterocycles. The second kappa shape index (κ2) is 7.24. The average Bonchev–Trinajstić information content (AvgIpc) is 3.35. The third-order valence-electron chi connectivity index (χ3n) is 5.93. The van der Waals surface area contributed by atoms with Crippen molar-refractivity contribution < 1.29 is 4.42 Å². The highest BCUT2D eigenvalue weighted by Crippen LogP contribution is 2.43. The van der Waals surface area contributed by atoms with Crippen molar-refractivity contribution in [3.63, 3.8) is 0 Å². The molecule has 4 heteroatoms. The minimum atomic E-state index is -0.118. The van der Waals surface area contributed by atoms with Gasteiger partial charge in [0, 0.05) is 35.5 Å². The second-order valence-electron chi connectivity index (χ2n) is 9.25. The Labute approximate surface area is 173 Å². The van der Waals surface area contributed by atoms with Crippen LogP contribution in [0.25, 0.3) is 22.1 Å². The van der Waals surface area contributed by atoms with Gasteiger partial charge in [-0.05, 0) is 38.2 Å². The number of rotatable bonds is 3. The average molecular weight is 388 g/mol. The van der Waals surface area contributed by atoms with Crippen LogP contribution in [0.3, 0.4) is 0 Å². The van der Waals surface area contributed by atoms with Gasteiger partial charge in [-0.15, -0.1) is 0 Å². The zero-order chi connectivity index (χ0) is 20.8. The molecular formula is C25H29N3O. The van der Waals surface area contributed by atoms with Crippen molar-refractivity contribution in [1.29, 1.82) is 5.26 Å². The Morgan fingerprint density at radius 2 is 1.86 bits per heavy atom. The van der Waals surface area contributed by atoms with Gasteiger partial charge in [0.25, 0.3) is 0 Å². The molecular weight excluding hydrogens is 358 g/mol. The fourth-order valence-electron chi connectivity index (χ4n) is 4.19. The Morgan fingerprint density at radius 3 is 2.45 bits per heavy atom. The Morgan fingerprint density at radius 1 is 1.14 bits per heavy atom. The molecule has 0 amide bonds. The lowest BCUT2D eigenvalue weighted by atomic mass is 9.92. The zero-order valence-electron chi connectivity index (χ0n) is 18.0. The van der Waals surface area contributed by atoms with Crippen LogP contribution in [0.2, 0.25) is 0 Å². The van der Waals surface area contributed by atoms with E-state index in [4.69, 9.17) is 4.42 Å². The molecule has 1 fully saturated rings. The van der Waals surface area contributed by atoms with E-state index < -0.39 is 0 Å². The molecule has 0 aliphatic carbocycles. The molecule has 0 N–H and O–H groups in total. The molecule has 0 spiro atoms. The molecule has 0 saturated carbocycles. The van der Waals surface area contributed by atoms with Gasteiger partial charge in [-0.1, -0.05) is 51.1 Å². The van der Waals surface area contributed by atoms with E-state index in [1.165, 1.54) is 5.69 Å². The van der Waals surface area contributed by atoms with E-state index >= 15 is 0 Å². The summed E-state index contributed by atoms with van der Waals surface area (Å²) in [5.74, 6) is 0.916. The van der Waals surface area contributed by atoms with Crippen LogP contribution < -0.4 is 4.90 Å². The predicted molar refractivity (Wildman–Crippen MR) is 119 cm³/mol. The summed E-state index contributed by atoms with van der Waals surface area (Å²) in [5, 5.41) is 10.9. The lowest BCUT2D eigenvalue weighted by Gasteiger charge is -2.25. The fourth-order valence-corrected chi connectivity index (χ4v) is 4.19. The van der Waals surface area contributed by atoms with Gasteiger partial charge in [0.15, 0.2) is 5.58 Å². The number of anilines is 1. The van der Waals surface area contributed by atoms with E-state index in [0.29, 0.717) is 17.2 Å². The first-order chi connectivity index (χ1) is 13.8. The minimum Gasteiger partial charge on any atom is -0.459 e. The van der Waals surface area contributed by atoms with E-state index in [9.17, 15) is 5.26 Å². The van der Waals surface area contributed by atoms with Gasteiger partial charge in [0.05, 0.1) is 11.3 Å². The summed E-state index contributed by atoms with van der Waals surface area (Å²) in [4.78, 5) is 4.78. The molecule has 2 heterocycles. The van der Waals surface area contributed by atoms with Crippen LogP contribution in [-0.2, 0) is 5.41 Å². The van der Waals surface area contributed by atoms with Crippen molar-refractivity contribution in [3.05, 3.63) is 53.8 Å². The first-order valence-corrected chi connectivity index (χ1v) is 10.3. The SMILES string of the molecule is CN(C)C1CCN(c2c(-c3ccccc3)cc(C#N)c3oc(C(C)(C)C)cc23)C1. The number of likely N-dealkylation sites (N-methyl/N-ethyl adjacent to an activating group) is 1. The molecule has 2 aromatic carbocycles. The standard InChI is InChI=1S/C25H29N3O/c1-25(2,3)22-14-21-23(28-12-11-19(16-28)27(4)5)20(17-9-7-6-8-10-17)13-18(15-26)24(21)29-22/h6-10,13-14,19H,11-12,16H2,1-5H3. The molecule has 1 atom stereocenters. The topological polar surface area (TPSA) is 43.4 Å². The van der Waals surface area contributed by atoms with Crippen molar-refractivity contribution in [2.75, 3.05) is 32.1 Å². The van der Waals surface area contributed by atoms with Crippen LogP contribution in [0.4, 0.5) is 5.69 Å². The summed E-state index contributed by atoms with van der Waals surface area (Å²) < 4.78 is 6.26. The number of nitriles is 1. The monoisotopic (exact) mass is 387 g/mol. The smallest absolute Gasteiger partial charge is 0.154 e. The van der Waals surface area contributed by atoms with Gasteiger partial charge in [-0.2, -0.15) is 5.26 Å². The molecule has 1 unspecified atom stereocenters. The van der Waals surface area contributed by atoms with Crippen molar-refractivity contribution >= 4 is 16.7 Å². The van der Waals surface area contributed by atoms with Crippen molar-refractivity contribution in [2.45, 2.75) is 38.6 Å². The Balaban J connectivity index is 1.99. The van der Waals surface area contributed by atoms with Crippen molar-refractivity contribution in [3.8, 4) is 17.2 Å². The first-order valence-electron chi connectivity index (χ1n) is 10.3. The maximum Gasteiger partial charge on any atom is 0.154 e. The number of furan rings is 1. The van der Waals surface area contributed by atoms with Gasteiger partial charge in [-0.25, -0.2) is 0 Å². The third-order valence-corrected chi connectivity index (χ3v) is 5.93. The predicted octanol–water partition coefficient (Wildman–Crippen LogP) is 5.41. The van der Waals surface area contributed by atoms with Crippen LogP contribution in [-0.4, -0.2) is 38.1 Å². The maximum absolute atomic E-state index is 9.86. The van der Waals surface area contributed by atoms with Crippen molar-refractivity contribution in [1.82, 2.24) is 4.90 Å². The molecule has 150 valence electrons. The quantitative estimate of drug-likeness (QED) is 0.603. The number of hydrogen-bond acceptors (Lipinski definition) is 4. The Bertz CT molecular complexity index is 1070. The molecule has 4 rings (SSSR count). The second-order valence-corrected chi connectivity index (χ2v) is 9.25. The molecule has 29 heavy (non-hydrogen) atoms. The van der Waals surface area contributed by atoms with Crippen LogP contribution >= 0.6 is 0 Å². The maximum atomic E-state index is 9.86. The highest BCUT2D eigenvalue weighted by molar-refractivity contribution is 6.03. The molecule has 1 aliphatic heterocycles. The van der Waals surface area contributed by atoms with Gasteiger partial charge in [0.2, 0.25) is 0 Å². The molecule has 3 aromatic rings. The molecule has 1 aliphatic rings. The van der Waals surface area contributed by atoms with Crippen molar-refractivity contribution in [2.24, 2.45) is 0 Å². The summed E-state index contributed by atoms with van der Waals surface area (Å²) in [5.41, 5.74) is 4.62. The van der Waals surface area contributed by atoms with Gasteiger partial charge in [-0.3, -0.25) is 0 Å². The first kappa shape index (κ1) is 19.5. The number of benzene rings is 2. The van der Waals surface area contributed by atoms with Gasteiger partial charge in [0.1, 0.15) is 11.8 Å². The van der Waals surface area contributed by atoms with Crippen LogP contribution in [0.15, 0.2) is 46.9 Å².